The highest BCUT2D eigenvalue weighted by Gasteiger charge is 2.14. The van der Waals surface area contributed by atoms with Gasteiger partial charge in [-0.15, -0.1) is 0 Å². The van der Waals surface area contributed by atoms with Crippen molar-refractivity contribution in [1.82, 2.24) is 4.90 Å². The van der Waals surface area contributed by atoms with Crippen LogP contribution in [0.25, 0.3) is 6.08 Å². The Hall–Kier alpha value is -1.51. The molecule has 0 atom stereocenters. The van der Waals surface area contributed by atoms with E-state index in [1.165, 1.54) is 0 Å². The highest BCUT2D eigenvalue weighted by atomic mass is 16.3. The minimum atomic E-state index is 0.101. The second-order valence-corrected chi connectivity index (χ2v) is 3.42. The van der Waals surface area contributed by atoms with Gasteiger partial charge in [-0.2, -0.15) is 0 Å². The fraction of sp³-hybridized carbons (Fsp3) is 0.364. The van der Waals surface area contributed by atoms with E-state index >= 15 is 0 Å². The molecule has 1 aliphatic rings. The van der Waals surface area contributed by atoms with Gasteiger partial charge in [0.2, 0.25) is 5.91 Å². The zero-order chi connectivity index (χ0) is 9.80. The summed E-state index contributed by atoms with van der Waals surface area (Å²) in [6, 6.07) is 1.83. The van der Waals surface area contributed by atoms with E-state index in [4.69, 9.17) is 4.42 Å². The average molecular weight is 191 g/mol. The monoisotopic (exact) mass is 191 g/mol. The fourth-order valence-corrected chi connectivity index (χ4v) is 1.58. The maximum absolute atomic E-state index is 11.5. The van der Waals surface area contributed by atoms with Crippen LogP contribution in [0.15, 0.2) is 29.1 Å². The van der Waals surface area contributed by atoms with Gasteiger partial charge in [-0.05, 0) is 25.0 Å². The predicted molar refractivity (Wildman–Crippen MR) is 53.6 cm³/mol. The normalized spacial score (nSPS) is 16.7. The lowest BCUT2D eigenvalue weighted by molar-refractivity contribution is -0.124. The summed E-state index contributed by atoms with van der Waals surface area (Å²) in [5, 5.41) is 0. The third-order valence-corrected chi connectivity index (χ3v) is 2.38. The molecular formula is C11H13NO2. The summed E-state index contributed by atoms with van der Waals surface area (Å²) < 4.78 is 4.90. The first-order valence-corrected chi connectivity index (χ1v) is 4.85. The van der Waals surface area contributed by atoms with Crippen molar-refractivity contribution in [3.63, 3.8) is 0 Å². The van der Waals surface area contributed by atoms with E-state index in [0.717, 1.165) is 31.5 Å². The van der Waals surface area contributed by atoms with Crippen LogP contribution in [0.1, 0.15) is 18.4 Å². The molecule has 3 heteroatoms. The van der Waals surface area contributed by atoms with Crippen molar-refractivity contribution in [2.75, 3.05) is 13.1 Å². The van der Waals surface area contributed by atoms with Gasteiger partial charge in [-0.1, -0.05) is 0 Å². The molecule has 3 nitrogen and oxygen atoms in total. The molecule has 74 valence electrons. The third-order valence-electron chi connectivity index (χ3n) is 2.38. The van der Waals surface area contributed by atoms with Crippen LogP contribution in [0.3, 0.4) is 0 Å². The SMILES string of the molecule is O=C(/C=C/c1ccoc1)N1CCCC1. The summed E-state index contributed by atoms with van der Waals surface area (Å²) in [6.07, 6.45) is 8.87. The van der Waals surface area contributed by atoms with Crippen molar-refractivity contribution in [1.29, 1.82) is 0 Å². The van der Waals surface area contributed by atoms with Gasteiger partial charge in [-0.25, -0.2) is 0 Å². The number of likely N-dealkylation sites (tertiary alicyclic amines) is 1. The second-order valence-electron chi connectivity index (χ2n) is 3.42. The molecule has 1 fully saturated rings. The van der Waals surface area contributed by atoms with Crippen molar-refractivity contribution in [3.8, 4) is 0 Å². The summed E-state index contributed by atoms with van der Waals surface area (Å²) >= 11 is 0. The number of nitrogens with zero attached hydrogens (tertiary/aromatic N) is 1. The minimum absolute atomic E-state index is 0.101. The zero-order valence-electron chi connectivity index (χ0n) is 7.98. The van der Waals surface area contributed by atoms with Crippen molar-refractivity contribution < 1.29 is 9.21 Å². The quantitative estimate of drug-likeness (QED) is 0.669. The Balaban J connectivity index is 1.93. The molecule has 0 aliphatic carbocycles. The van der Waals surface area contributed by atoms with Crippen LogP contribution in [0.4, 0.5) is 0 Å². The molecule has 0 saturated carbocycles. The molecule has 0 aromatic carbocycles. The Morgan fingerprint density at radius 2 is 2.21 bits per heavy atom. The first-order valence-electron chi connectivity index (χ1n) is 4.85. The summed E-state index contributed by atoms with van der Waals surface area (Å²) in [5.41, 5.74) is 0.928. The van der Waals surface area contributed by atoms with Gasteiger partial charge in [0, 0.05) is 24.7 Å². The van der Waals surface area contributed by atoms with Crippen LogP contribution < -0.4 is 0 Å². The first-order chi connectivity index (χ1) is 6.86. The lowest BCUT2D eigenvalue weighted by Crippen LogP contribution is -2.25. The Bertz CT molecular complexity index is 321. The van der Waals surface area contributed by atoms with Gasteiger partial charge in [0.25, 0.3) is 0 Å². The molecule has 0 N–H and O–H groups in total. The first kappa shape index (κ1) is 9.06. The second kappa shape index (κ2) is 4.13. The van der Waals surface area contributed by atoms with E-state index in [1.807, 2.05) is 11.0 Å². The lowest BCUT2D eigenvalue weighted by atomic mass is 10.3. The fourth-order valence-electron chi connectivity index (χ4n) is 1.58. The molecular weight excluding hydrogens is 178 g/mol. The number of furan rings is 1. The molecule has 2 rings (SSSR count). The smallest absolute Gasteiger partial charge is 0.246 e. The van der Waals surface area contributed by atoms with E-state index in [0.29, 0.717) is 0 Å². The maximum Gasteiger partial charge on any atom is 0.246 e. The molecule has 14 heavy (non-hydrogen) atoms. The molecule has 1 aromatic rings. The summed E-state index contributed by atoms with van der Waals surface area (Å²) in [6.45, 7) is 1.79. The van der Waals surface area contributed by atoms with E-state index in [2.05, 4.69) is 0 Å². The van der Waals surface area contributed by atoms with E-state index in [9.17, 15) is 4.79 Å². The summed E-state index contributed by atoms with van der Waals surface area (Å²) in [4.78, 5) is 13.4. The van der Waals surface area contributed by atoms with Gasteiger partial charge >= 0.3 is 0 Å². The Morgan fingerprint density at radius 3 is 2.86 bits per heavy atom. The molecule has 0 bridgehead atoms. The van der Waals surface area contributed by atoms with Crippen molar-refractivity contribution in [3.05, 3.63) is 30.2 Å². The van der Waals surface area contributed by atoms with Gasteiger partial charge in [0.15, 0.2) is 0 Å². The van der Waals surface area contributed by atoms with Crippen molar-refractivity contribution in [2.45, 2.75) is 12.8 Å². The van der Waals surface area contributed by atoms with E-state index in [-0.39, 0.29) is 5.91 Å². The van der Waals surface area contributed by atoms with Gasteiger partial charge in [0.05, 0.1) is 12.5 Å². The van der Waals surface area contributed by atoms with Gasteiger partial charge < -0.3 is 9.32 Å². The van der Waals surface area contributed by atoms with Gasteiger partial charge in [-0.3, -0.25) is 4.79 Å². The minimum Gasteiger partial charge on any atom is -0.472 e. The van der Waals surface area contributed by atoms with E-state index < -0.39 is 0 Å². The number of carbonyl (C=O) groups excluding carboxylic acids is 1. The lowest BCUT2D eigenvalue weighted by Gasteiger charge is -2.11. The Kier molecular flexibility index (Phi) is 2.68. The van der Waals surface area contributed by atoms with Crippen LogP contribution in [0, 0.1) is 0 Å². The number of carbonyl (C=O) groups is 1. The molecule has 1 aliphatic heterocycles. The molecule has 2 heterocycles. The molecule has 1 amide bonds. The molecule has 0 radical (unpaired) electrons. The van der Waals surface area contributed by atoms with Crippen LogP contribution in [-0.2, 0) is 4.79 Å². The number of hydrogen-bond acceptors (Lipinski definition) is 2. The summed E-state index contributed by atoms with van der Waals surface area (Å²) in [7, 11) is 0. The van der Waals surface area contributed by atoms with Crippen LogP contribution >= 0.6 is 0 Å². The number of hydrogen-bond donors (Lipinski definition) is 0. The van der Waals surface area contributed by atoms with Crippen LogP contribution in [-0.4, -0.2) is 23.9 Å². The van der Waals surface area contributed by atoms with Crippen molar-refractivity contribution in [2.24, 2.45) is 0 Å². The zero-order valence-corrected chi connectivity index (χ0v) is 7.98. The highest BCUT2D eigenvalue weighted by molar-refractivity contribution is 5.91. The highest BCUT2D eigenvalue weighted by Crippen LogP contribution is 2.09. The standard InChI is InChI=1S/C11H13NO2/c13-11(12-6-1-2-7-12)4-3-10-5-8-14-9-10/h3-5,8-9H,1-2,6-7H2/b4-3+. The Morgan fingerprint density at radius 1 is 1.43 bits per heavy atom. The maximum atomic E-state index is 11.5. The molecule has 0 spiro atoms. The van der Waals surface area contributed by atoms with Crippen molar-refractivity contribution >= 4 is 12.0 Å². The Labute approximate surface area is 83.0 Å². The number of amides is 1. The molecule has 1 aromatic heterocycles. The molecule has 0 unspecified atom stereocenters. The molecule has 1 saturated heterocycles. The van der Waals surface area contributed by atoms with Crippen LogP contribution in [0.2, 0.25) is 0 Å². The van der Waals surface area contributed by atoms with Crippen LogP contribution in [0.5, 0.6) is 0 Å². The number of rotatable bonds is 2. The third kappa shape index (κ3) is 2.05. The van der Waals surface area contributed by atoms with Gasteiger partial charge in [0.1, 0.15) is 0 Å². The predicted octanol–water partition coefficient (Wildman–Crippen LogP) is 1.92. The average Bonchev–Trinajstić information content (AvgIpc) is 2.87. The largest absolute Gasteiger partial charge is 0.472 e. The topological polar surface area (TPSA) is 33.5 Å². The summed E-state index contributed by atoms with van der Waals surface area (Å²) in [5.74, 6) is 0.101. The van der Waals surface area contributed by atoms with E-state index in [1.54, 1.807) is 24.7 Å².